The third-order valence-electron chi connectivity index (χ3n) is 5.75. The molecule has 2 heterocycles. The molecule has 2 aromatic rings. The van der Waals surface area contributed by atoms with Crippen LogP contribution in [0.1, 0.15) is 61.1 Å². The van der Waals surface area contributed by atoms with Crippen LogP contribution in [0.5, 0.6) is 0 Å². The maximum Gasteiger partial charge on any atom is 0.315 e. The van der Waals surface area contributed by atoms with Crippen molar-refractivity contribution in [3.63, 3.8) is 0 Å². The molecule has 1 aliphatic rings. The van der Waals surface area contributed by atoms with Crippen molar-refractivity contribution in [2.45, 2.75) is 63.3 Å². The van der Waals surface area contributed by atoms with Gasteiger partial charge in [0.25, 0.3) is 0 Å². The Morgan fingerprint density at radius 2 is 1.84 bits per heavy atom. The molecule has 170 valence electrons. The topological polar surface area (TPSA) is 105 Å². The van der Waals surface area contributed by atoms with Crippen LogP contribution in [-0.4, -0.2) is 60.8 Å². The Morgan fingerprint density at radius 1 is 1.16 bits per heavy atom. The lowest BCUT2D eigenvalue weighted by molar-refractivity contribution is 0.0904. The number of carbonyl (C=O) groups excluding carboxylic acids is 1. The van der Waals surface area contributed by atoms with Crippen molar-refractivity contribution in [1.29, 1.82) is 0 Å². The van der Waals surface area contributed by atoms with Crippen LogP contribution in [0.2, 0.25) is 0 Å². The molecule has 1 amide bonds. The summed E-state index contributed by atoms with van der Waals surface area (Å²) in [5.74, 6) is -0.503. The van der Waals surface area contributed by atoms with E-state index in [0.717, 1.165) is 25.1 Å². The van der Waals surface area contributed by atoms with Crippen LogP contribution in [-0.2, 0) is 16.3 Å². The SMILES string of the molecule is Cc1ccc(S(=O)(=O)CCc2noc(C(=O)NCCC(C)N3CCCCCC3)n2)cc1. The van der Waals surface area contributed by atoms with Crippen molar-refractivity contribution < 1.29 is 17.7 Å². The summed E-state index contributed by atoms with van der Waals surface area (Å²) >= 11 is 0. The molecule has 9 heteroatoms. The van der Waals surface area contributed by atoms with Gasteiger partial charge in [-0.05, 0) is 58.3 Å². The van der Waals surface area contributed by atoms with Gasteiger partial charge in [-0.15, -0.1) is 0 Å². The number of hydrogen-bond donors (Lipinski definition) is 1. The number of aromatic nitrogens is 2. The van der Waals surface area contributed by atoms with Crippen LogP contribution in [0.4, 0.5) is 0 Å². The molecule has 0 bridgehead atoms. The molecule has 1 saturated heterocycles. The largest absolute Gasteiger partial charge is 0.348 e. The van der Waals surface area contributed by atoms with Crippen LogP contribution >= 0.6 is 0 Å². The van der Waals surface area contributed by atoms with Gasteiger partial charge in [0.05, 0.1) is 10.6 Å². The highest BCUT2D eigenvalue weighted by Crippen LogP contribution is 2.15. The van der Waals surface area contributed by atoms with Crippen molar-refractivity contribution in [3.05, 3.63) is 41.5 Å². The normalized spacial score (nSPS) is 16.6. The zero-order chi connectivity index (χ0) is 22.3. The minimum atomic E-state index is -3.45. The van der Waals surface area contributed by atoms with Gasteiger partial charge in [-0.2, -0.15) is 4.98 Å². The minimum absolute atomic E-state index is 0.0823. The lowest BCUT2D eigenvalue weighted by Gasteiger charge is -2.27. The van der Waals surface area contributed by atoms with E-state index >= 15 is 0 Å². The van der Waals surface area contributed by atoms with Gasteiger partial charge >= 0.3 is 11.8 Å². The number of hydrogen-bond acceptors (Lipinski definition) is 7. The zero-order valence-electron chi connectivity index (χ0n) is 18.3. The van der Waals surface area contributed by atoms with Gasteiger partial charge in [-0.3, -0.25) is 4.79 Å². The van der Waals surface area contributed by atoms with Crippen LogP contribution in [0.3, 0.4) is 0 Å². The smallest absolute Gasteiger partial charge is 0.315 e. The molecule has 1 fully saturated rings. The van der Waals surface area contributed by atoms with Gasteiger partial charge < -0.3 is 14.7 Å². The van der Waals surface area contributed by atoms with Crippen LogP contribution in [0, 0.1) is 6.92 Å². The van der Waals surface area contributed by atoms with Gasteiger partial charge in [-0.25, -0.2) is 8.42 Å². The lowest BCUT2D eigenvalue weighted by atomic mass is 10.2. The first kappa shape index (κ1) is 23.4. The number of carbonyl (C=O) groups is 1. The molecule has 1 aliphatic heterocycles. The Balaban J connectivity index is 1.45. The van der Waals surface area contributed by atoms with Crippen LogP contribution in [0.15, 0.2) is 33.7 Å². The van der Waals surface area contributed by atoms with Crippen molar-refractivity contribution >= 4 is 15.7 Å². The molecule has 1 unspecified atom stereocenters. The third kappa shape index (κ3) is 6.87. The molecule has 31 heavy (non-hydrogen) atoms. The standard InChI is InChI=1S/C22H32N4O4S/c1-17-7-9-19(10-8-17)31(28,29)16-12-20-24-22(30-25-20)21(27)23-13-11-18(2)26-14-5-3-4-6-15-26/h7-10,18H,3-6,11-16H2,1-2H3,(H,23,27). The zero-order valence-corrected chi connectivity index (χ0v) is 19.2. The average molecular weight is 449 g/mol. The molecule has 3 rings (SSSR count). The van der Waals surface area contributed by atoms with E-state index in [-0.39, 0.29) is 28.8 Å². The van der Waals surface area contributed by atoms with E-state index in [4.69, 9.17) is 4.52 Å². The minimum Gasteiger partial charge on any atom is -0.348 e. The van der Waals surface area contributed by atoms with E-state index in [1.54, 1.807) is 24.3 Å². The molecule has 0 aliphatic carbocycles. The number of rotatable bonds is 9. The Kier molecular flexibility index (Phi) is 8.20. The first-order valence-corrected chi connectivity index (χ1v) is 12.6. The fourth-order valence-corrected chi connectivity index (χ4v) is 4.96. The Morgan fingerprint density at radius 3 is 2.52 bits per heavy atom. The second kappa shape index (κ2) is 10.9. The molecule has 1 aromatic heterocycles. The molecular formula is C22H32N4O4S. The fourth-order valence-electron chi connectivity index (χ4n) is 3.73. The lowest BCUT2D eigenvalue weighted by Crippen LogP contribution is -2.37. The summed E-state index contributed by atoms with van der Waals surface area (Å²) in [5, 5.41) is 6.58. The third-order valence-corrected chi connectivity index (χ3v) is 7.48. The van der Waals surface area contributed by atoms with Crippen molar-refractivity contribution in [1.82, 2.24) is 20.4 Å². The molecule has 8 nitrogen and oxygen atoms in total. The van der Waals surface area contributed by atoms with Crippen molar-refractivity contribution in [3.8, 4) is 0 Å². The monoisotopic (exact) mass is 448 g/mol. The van der Waals surface area contributed by atoms with E-state index in [2.05, 4.69) is 27.3 Å². The summed E-state index contributed by atoms with van der Waals surface area (Å²) < 4.78 is 29.9. The molecular weight excluding hydrogens is 416 g/mol. The molecule has 1 atom stereocenters. The number of likely N-dealkylation sites (tertiary alicyclic amines) is 1. The summed E-state index contributed by atoms with van der Waals surface area (Å²) in [4.78, 5) is 19.1. The quantitative estimate of drug-likeness (QED) is 0.629. The van der Waals surface area contributed by atoms with E-state index in [1.807, 2.05) is 6.92 Å². The molecule has 0 radical (unpaired) electrons. The van der Waals surface area contributed by atoms with E-state index in [1.165, 1.54) is 25.7 Å². The maximum absolute atomic E-state index is 12.4. The number of benzene rings is 1. The first-order valence-electron chi connectivity index (χ1n) is 11.0. The number of aryl methyl sites for hydroxylation is 2. The Bertz CT molecular complexity index is 948. The first-order chi connectivity index (χ1) is 14.8. The molecule has 1 N–H and O–H groups in total. The Labute approximate surface area is 184 Å². The van der Waals surface area contributed by atoms with Crippen LogP contribution < -0.4 is 5.32 Å². The predicted octanol–water partition coefficient (Wildman–Crippen LogP) is 2.78. The fraction of sp³-hybridized carbons (Fsp3) is 0.591. The van der Waals surface area contributed by atoms with Crippen molar-refractivity contribution in [2.75, 3.05) is 25.4 Å². The maximum atomic E-state index is 12.4. The highest BCUT2D eigenvalue weighted by atomic mass is 32.2. The molecule has 0 spiro atoms. The van der Waals surface area contributed by atoms with Gasteiger partial charge in [0, 0.05) is 19.0 Å². The second-order valence-corrected chi connectivity index (χ2v) is 10.4. The van der Waals surface area contributed by atoms with Gasteiger partial charge in [-0.1, -0.05) is 35.7 Å². The summed E-state index contributed by atoms with van der Waals surface area (Å²) in [7, 11) is -3.45. The van der Waals surface area contributed by atoms with E-state index < -0.39 is 15.7 Å². The highest BCUT2D eigenvalue weighted by molar-refractivity contribution is 7.91. The number of nitrogens with one attached hydrogen (secondary N) is 1. The average Bonchev–Trinajstić information content (AvgIpc) is 3.06. The van der Waals surface area contributed by atoms with E-state index in [9.17, 15) is 13.2 Å². The van der Waals surface area contributed by atoms with Crippen LogP contribution in [0.25, 0.3) is 0 Å². The van der Waals surface area contributed by atoms with Crippen molar-refractivity contribution in [2.24, 2.45) is 0 Å². The number of nitrogens with zero attached hydrogens (tertiary/aromatic N) is 3. The highest BCUT2D eigenvalue weighted by Gasteiger charge is 2.20. The van der Waals surface area contributed by atoms with Gasteiger partial charge in [0.2, 0.25) is 0 Å². The second-order valence-electron chi connectivity index (χ2n) is 8.24. The molecule has 0 saturated carbocycles. The number of sulfone groups is 1. The van der Waals surface area contributed by atoms with E-state index in [0.29, 0.717) is 12.6 Å². The summed E-state index contributed by atoms with van der Waals surface area (Å²) in [6.45, 7) is 6.85. The Hall–Kier alpha value is -2.26. The summed E-state index contributed by atoms with van der Waals surface area (Å²) in [5.41, 5.74) is 0.994. The number of amides is 1. The predicted molar refractivity (Wildman–Crippen MR) is 118 cm³/mol. The molecule has 1 aromatic carbocycles. The van der Waals surface area contributed by atoms with Gasteiger partial charge in [0.15, 0.2) is 15.7 Å². The van der Waals surface area contributed by atoms with Gasteiger partial charge in [0.1, 0.15) is 0 Å². The summed E-state index contributed by atoms with van der Waals surface area (Å²) in [6.07, 6.45) is 6.00. The summed E-state index contributed by atoms with van der Waals surface area (Å²) in [6, 6.07) is 7.11.